The number of ether oxygens (including phenoxy) is 1. The van der Waals surface area contributed by atoms with Gasteiger partial charge in [0, 0.05) is 24.5 Å². The van der Waals surface area contributed by atoms with E-state index < -0.39 is 5.91 Å². The van der Waals surface area contributed by atoms with E-state index in [4.69, 9.17) is 16.3 Å². The molecule has 26 heavy (non-hydrogen) atoms. The number of nitrogens with one attached hydrogen (secondary N) is 1. The lowest BCUT2D eigenvalue weighted by Crippen LogP contribution is -2.14. The SMILES string of the molecule is CCOCC(=O)c1c(Cl)c(C(=O)Nc2ccc(F)c(C)c2)c2n1CCC2. The average Bonchev–Trinajstić information content (AvgIpc) is 3.15. The summed E-state index contributed by atoms with van der Waals surface area (Å²) >= 11 is 6.42. The van der Waals surface area contributed by atoms with E-state index in [9.17, 15) is 14.0 Å². The van der Waals surface area contributed by atoms with E-state index >= 15 is 0 Å². The Kier molecular flexibility index (Phi) is 5.44. The number of halogens is 2. The zero-order valence-electron chi connectivity index (χ0n) is 14.7. The molecule has 3 rings (SSSR count). The molecule has 1 amide bonds. The zero-order valence-corrected chi connectivity index (χ0v) is 15.5. The first-order valence-electron chi connectivity index (χ1n) is 8.53. The van der Waals surface area contributed by atoms with Crippen LogP contribution >= 0.6 is 11.6 Å². The number of ketones is 1. The molecule has 5 nitrogen and oxygen atoms in total. The maximum absolute atomic E-state index is 13.4. The van der Waals surface area contributed by atoms with Gasteiger partial charge in [-0.05, 0) is 50.5 Å². The number of anilines is 1. The van der Waals surface area contributed by atoms with Crippen LogP contribution in [0.4, 0.5) is 10.1 Å². The molecule has 138 valence electrons. The Balaban J connectivity index is 1.93. The van der Waals surface area contributed by atoms with Crippen LogP contribution in [0.1, 0.15) is 45.4 Å². The van der Waals surface area contributed by atoms with Gasteiger partial charge in [0.25, 0.3) is 5.91 Å². The molecule has 0 fully saturated rings. The van der Waals surface area contributed by atoms with Crippen molar-refractivity contribution in [1.29, 1.82) is 0 Å². The van der Waals surface area contributed by atoms with Crippen LogP contribution in [0.25, 0.3) is 0 Å². The van der Waals surface area contributed by atoms with Gasteiger partial charge in [-0.1, -0.05) is 11.6 Å². The number of benzene rings is 1. The minimum absolute atomic E-state index is 0.0715. The third kappa shape index (κ3) is 3.39. The first kappa shape index (κ1) is 18.6. The summed E-state index contributed by atoms with van der Waals surface area (Å²) in [6.45, 7) is 4.43. The van der Waals surface area contributed by atoms with Crippen LogP contribution in [-0.2, 0) is 17.7 Å². The van der Waals surface area contributed by atoms with Crippen molar-refractivity contribution in [3.63, 3.8) is 0 Å². The number of hydrogen-bond donors (Lipinski definition) is 1. The molecule has 1 aliphatic rings. The monoisotopic (exact) mass is 378 g/mol. The van der Waals surface area contributed by atoms with Crippen LogP contribution in [0.5, 0.6) is 0 Å². The normalized spacial score (nSPS) is 12.9. The highest BCUT2D eigenvalue weighted by atomic mass is 35.5. The number of nitrogens with zero attached hydrogens (tertiary/aromatic N) is 1. The van der Waals surface area contributed by atoms with E-state index in [-0.39, 0.29) is 23.2 Å². The summed E-state index contributed by atoms with van der Waals surface area (Å²) in [4.78, 5) is 25.3. The van der Waals surface area contributed by atoms with Crippen LogP contribution < -0.4 is 5.32 Å². The highest BCUT2D eigenvalue weighted by Crippen LogP contribution is 2.34. The Morgan fingerprint density at radius 1 is 1.38 bits per heavy atom. The van der Waals surface area contributed by atoms with E-state index in [0.29, 0.717) is 42.1 Å². The fraction of sp³-hybridized carbons (Fsp3) is 0.368. The second-order valence-electron chi connectivity index (χ2n) is 6.22. The van der Waals surface area contributed by atoms with Crippen molar-refractivity contribution < 1.29 is 18.7 Å². The summed E-state index contributed by atoms with van der Waals surface area (Å²) in [7, 11) is 0. The molecule has 0 atom stereocenters. The minimum atomic E-state index is -0.401. The number of rotatable bonds is 6. The summed E-state index contributed by atoms with van der Waals surface area (Å²) in [6, 6.07) is 4.35. The molecule has 1 aromatic heterocycles. The average molecular weight is 379 g/mol. The molecule has 0 unspecified atom stereocenters. The molecule has 1 aliphatic heterocycles. The number of carbonyl (C=O) groups is 2. The molecule has 1 N–H and O–H groups in total. The van der Waals surface area contributed by atoms with Crippen molar-refractivity contribution >= 4 is 29.0 Å². The molecule has 0 saturated heterocycles. The number of fused-ring (bicyclic) bond motifs is 1. The standard InChI is InChI=1S/C19H20ClFN2O3/c1-3-26-10-15(24)18-17(20)16(14-5-4-8-23(14)18)19(25)22-12-6-7-13(21)11(2)9-12/h6-7,9H,3-5,8,10H2,1-2H3,(H,22,25). The Morgan fingerprint density at radius 3 is 2.85 bits per heavy atom. The highest BCUT2D eigenvalue weighted by molar-refractivity contribution is 6.38. The van der Waals surface area contributed by atoms with Crippen molar-refractivity contribution in [2.24, 2.45) is 0 Å². The quantitative estimate of drug-likeness (QED) is 0.773. The topological polar surface area (TPSA) is 60.3 Å². The van der Waals surface area contributed by atoms with Gasteiger partial charge in [-0.15, -0.1) is 0 Å². The van der Waals surface area contributed by atoms with Gasteiger partial charge in [0.1, 0.15) is 18.1 Å². The molecule has 1 aromatic carbocycles. The Bertz CT molecular complexity index is 876. The summed E-state index contributed by atoms with van der Waals surface area (Å²) in [5.74, 6) is -0.978. The maximum atomic E-state index is 13.4. The number of aryl methyl sites for hydroxylation is 1. The van der Waals surface area contributed by atoms with Gasteiger partial charge in [0.05, 0.1) is 10.6 Å². The lowest BCUT2D eigenvalue weighted by atomic mass is 10.1. The summed E-state index contributed by atoms with van der Waals surface area (Å²) in [6.07, 6.45) is 1.52. The second kappa shape index (κ2) is 7.60. The van der Waals surface area contributed by atoms with Crippen molar-refractivity contribution in [2.75, 3.05) is 18.5 Å². The van der Waals surface area contributed by atoms with E-state index in [2.05, 4.69) is 5.32 Å². The van der Waals surface area contributed by atoms with Gasteiger partial charge < -0.3 is 14.6 Å². The molecule has 0 aliphatic carbocycles. The van der Waals surface area contributed by atoms with Gasteiger partial charge in [-0.2, -0.15) is 0 Å². The molecular formula is C19H20ClFN2O3. The maximum Gasteiger partial charge on any atom is 0.259 e. The number of amides is 1. The van der Waals surface area contributed by atoms with Crippen LogP contribution in [-0.4, -0.2) is 29.5 Å². The number of hydrogen-bond acceptors (Lipinski definition) is 3. The number of Topliss-reactive ketones (excluding diaryl/α,β-unsaturated/α-hetero) is 1. The number of aromatic nitrogens is 1. The molecule has 2 aromatic rings. The summed E-state index contributed by atoms with van der Waals surface area (Å²) in [5.41, 5.74) is 2.30. The molecule has 0 spiro atoms. The van der Waals surface area contributed by atoms with Crippen LogP contribution in [0.15, 0.2) is 18.2 Å². The van der Waals surface area contributed by atoms with E-state index in [0.717, 1.165) is 12.1 Å². The number of carbonyl (C=O) groups excluding carboxylic acids is 2. The molecule has 2 heterocycles. The smallest absolute Gasteiger partial charge is 0.259 e. The Hall–Kier alpha value is -2.18. The lowest BCUT2D eigenvalue weighted by molar-refractivity contribution is 0.0774. The fourth-order valence-corrected chi connectivity index (χ4v) is 3.63. The Morgan fingerprint density at radius 2 is 2.15 bits per heavy atom. The van der Waals surface area contributed by atoms with Crippen LogP contribution in [0.3, 0.4) is 0 Å². The first-order chi connectivity index (χ1) is 12.4. The van der Waals surface area contributed by atoms with E-state index in [1.807, 2.05) is 4.57 Å². The summed E-state index contributed by atoms with van der Waals surface area (Å²) < 4.78 is 20.4. The predicted octanol–water partition coefficient (Wildman–Crippen LogP) is 4.01. The first-order valence-corrected chi connectivity index (χ1v) is 8.91. The molecular weight excluding hydrogens is 359 g/mol. The van der Waals surface area contributed by atoms with Crippen molar-refractivity contribution in [3.8, 4) is 0 Å². The second-order valence-corrected chi connectivity index (χ2v) is 6.60. The predicted molar refractivity (Wildman–Crippen MR) is 97.7 cm³/mol. The van der Waals surface area contributed by atoms with Gasteiger partial charge >= 0.3 is 0 Å². The van der Waals surface area contributed by atoms with Gasteiger partial charge in [-0.3, -0.25) is 9.59 Å². The van der Waals surface area contributed by atoms with Crippen molar-refractivity contribution in [2.45, 2.75) is 33.2 Å². The zero-order chi connectivity index (χ0) is 18.8. The molecule has 0 radical (unpaired) electrons. The molecule has 0 saturated carbocycles. The summed E-state index contributed by atoms with van der Waals surface area (Å²) in [5, 5.41) is 2.90. The largest absolute Gasteiger partial charge is 0.374 e. The van der Waals surface area contributed by atoms with Gasteiger partial charge in [0.15, 0.2) is 0 Å². The van der Waals surface area contributed by atoms with Crippen LogP contribution in [0, 0.1) is 12.7 Å². The highest BCUT2D eigenvalue weighted by Gasteiger charge is 2.31. The lowest BCUT2D eigenvalue weighted by Gasteiger charge is -2.07. The molecule has 0 bridgehead atoms. The van der Waals surface area contributed by atoms with Crippen LogP contribution in [0.2, 0.25) is 5.02 Å². The fourth-order valence-electron chi connectivity index (χ4n) is 3.23. The third-order valence-corrected chi connectivity index (χ3v) is 4.82. The Labute approximate surface area is 156 Å². The third-order valence-electron chi connectivity index (χ3n) is 4.45. The molecule has 7 heteroatoms. The van der Waals surface area contributed by atoms with Crippen molar-refractivity contribution in [1.82, 2.24) is 4.57 Å². The minimum Gasteiger partial charge on any atom is -0.374 e. The van der Waals surface area contributed by atoms with Crippen molar-refractivity contribution in [3.05, 3.63) is 51.6 Å². The van der Waals surface area contributed by atoms with E-state index in [1.54, 1.807) is 19.9 Å². The van der Waals surface area contributed by atoms with Gasteiger partial charge in [-0.25, -0.2) is 4.39 Å². The van der Waals surface area contributed by atoms with Gasteiger partial charge in [0.2, 0.25) is 5.78 Å². The van der Waals surface area contributed by atoms with E-state index in [1.165, 1.54) is 12.1 Å².